The van der Waals surface area contributed by atoms with Gasteiger partial charge in [-0.1, -0.05) is 42.5 Å². The van der Waals surface area contributed by atoms with Crippen molar-refractivity contribution >= 4 is 17.4 Å². The molecule has 1 aromatic carbocycles. The first-order chi connectivity index (χ1) is 12.5. The highest BCUT2D eigenvalue weighted by atomic mass is 16.5. The first-order valence-corrected chi connectivity index (χ1v) is 8.60. The van der Waals surface area contributed by atoms with E-state index >= 15 is 0 Å². The Labute approximate surface area is 154 Å². The smallest absolute Gasteiger partial charge is 0.293 e. The summed E-state index contributed by atoms with van der Waals surface area (Å²) < 4.78 is 4.15. The van der Waals surface area contributed by atoms with Gasteiger partial charge < -0.3 is 9.72 Å². The average molecular weight is 353 g/mol. The molecule has 0 radical (unpaired) electrons. The number of hydrogen-bond donors (Lipinski definition) is 1. The van der Waals surface area contributed by atoms with Crippen molar-refractivity contribution in [3.05, 3.63) is 81.7 Å². The first-order valence-electron chi connectivity index (χ1n) is 8.60. The molecule has 4 nitrogen and oxygen atoms in total. The third kappa shape index (κ3) is 5.88. The fourth-order valence-electron chi connectivity index (χ4n) is 2.63. The van der Waals surface area contributed by atoms with E-state index in [1.54, 1.807) is 13.0 Å². The van der Waals surface area contributed by atoms with Gasteiger partial charge in [0.05, 0.1) is 6.61 Å². The number of aryl methyl sites for hydroxylation is 2. The molecule has 0 aliphatic heterocycles. The van der Waals surface area contributed by atoms with E-state index in [1.807, 2.05) is 44.2 Å². The SMILES string of the molecule is C=C/C=C(\C=C/C)Cc1c(C)c2cc(C)ccc2[nH]c1=O.CCOC=O. The number of allylic oxidation sites excluding steroid dienone is 5. The molecule has 26 heavy (non-hydrogen) atoms. The zero-order chi connectivity index (χ0) is 19.5. The van der Waals surface area contributed by atoms with Gasteiger partial charge in [-0.3, -0.25) is 9.59 Å². The Morgan fingerprint density at radius 1 is 1.31 bits per heavy atom. The number of fused-ring (bicyclic) bond motifs is 1. The maximum absolute atomic E-state index is 12.4. The lowest BCUT2D eigenvalue weighted by Crippen LogP contribution is -2.15. The quantitative estimate of drug-likeness (QED) is 0.612. The monoisotopic (exact) mass is 353 g/mol. The molecule has 4 heteroatoms. The fourth-order valence-corrected chi connectivity index (χ4v) is 2.63. The predicted molar refractivity (Wildman–Crippen MR) is 109 cm³/mol. The predicted octanol–water partition coefficient (Wildman–Crippen LogP) is 4.56. The van der Waals surface area contributed by atoms with Gasteiger partial charge in [0, 0.05) is 22.9 Å². The molecule has 0 bridgehead atoms. The van der Waals surface area contributed by atoms with Crippen molar-refractivity contribution in [1.29, 1.82) is 0 Å². The minimum absolute atomic E-state index is 0.0108. The van der Waals surface area contributed by atoms with Crippen LogP contribution >= 0.6 is 0 Å². The van der Waals surface area contributed by atoms with Crippen molar-refractivity contribution in [2.24, 2.45) is 0 Å². The molecule has 0 atom stereocenters. The van der Waals surface area contributed by atoms with Gasteiger partial charge in [0.1, 0.15) is 0 Å². The third-order valence-corrected chi connectivity index (χ3v) is 3.88. The van der Waals surface area contributed by atoms with Crippen molar-refractivity contribution < 1.29 is 9.53 Å². The molecule has 1 heterocycles. The molecule has 0 amide bonds. The van der Waals surface area contributed by atoms with Crippen LogP contribution in [0.4, 0.5) is 0 Å². The molecule has 0 fully saturated rings. The summed E-state index contributed by atoms with van der Waals surface area (Å²) in [5.74, 6) is 0. The highest BCUT2D eigenvalue weighted by Gasteiger charge is 2.10. The number of aromatic amines is 1. The average Bonchev–Trinajstić information content (AvgIpc) is 2.61. The molecule has 1 N–H and O–H groups in total. The Balaban J connectivity index is 0.000000597. The molecule has 0 saturated heterocycles. The van der Waals surface area contributed by atoms with Crippen molar-refractivity contribution in [3.63, 3.8) is 0 Å². The molecular weight excluding hydrogens is 326 g/mol. The molecular formula is C22H27NO3. The number of nitrogens with one attached hydrogen (secondary N) is 1. The van der Waals surface area contributed by atoms with E-state index in [0.29, 0.717) is 19.5 Å². The van der Waals surface area contributed by atoms with E-state index in [9.17, 15) is 9.59 Å². The number of pyridine rings is 1. The van der Waals surface area contributed by atoms with Gasteiger partial charge in [0.2, 0.25) is 0 Å². The van der Waals surface area contributed by atoms with Gasteiger partial charge in [-0.15, -0.1) is 0 Å². The summed E-state index contributed by atoms with van der Waals surface area (Å²) >= 11 is 0. The molecule has 2 rings (SSSR count). The van der Waals surface area contributed by atoms with Crippen molar-refractivity contribution in [1.82, 2.24) is 4.98 Å². The molecule has 138 valence electrons. The second kappa shape index (κ2) is 10.9. The number of benzene rings is 1. The van der Waals surface area contributed by atoms with Gasteiger partial charge in [0.15, 0.2) is 0 Å². The van der Waals surface area contributed by atoms with Crippen molar-refractivity contribution in [3.8, 4) is 0 Å². The van der Waals surface area contributed by atoms with E-state index in [2.05, 4.69) is 29.3 Å². The summed E-state index contributed by atoms with van der Waals surface area (Å²) in [6, 6.07) is 6.10. The zero-order valence-corrected chi connectivity index (χ0v) is 16.0. The van der Waals surface area contributed by atoms with E-state index in [1.165, 1.54) is 5.56 Å². The van der Waals surface area contributed by atoms with Gasteiger partial charge in [-0.25, -0.2) is 0 Å². The van der Waals surface area contributed by atoms with Gasteiger partial charge in [-0.2, -0.15) is 0 Å². The van der Waals surface area contributed by atoms with Crippen LogP contribution in [-0.4, -0.2) is 18.1 Å². The van der Waals surface area contributed by atoms with Crippen LogP contribution in [0.2, 0.25) is 0 Å². The molecule has 0 unspecified atom stereocenters. The Morgan fingerprint density at radius 2 is 2.04 bits per heavy atom. The van der Waals surface area contributed by atoms with Gasteiger partial charge in [-0.05, 0) is 51.0 Å². The number of ether oxygens (including phenoxy) is 1. The second-order valence-corrected chi connectivity index (χ2v) is 5.81. The number of H-pyrrole nitrogens is 1. The Bertz CT molecular complexity index is 873. The summed E-state index contributed by atoms with van der Waals surface area (Å²) in [5, 5.41) is 1.11. The van der Waals surface area contributed by atoms with Crippen LogP contribution in [0.3, 0.4) is 0 Å². The lowest BCUT2D eigenvalue weighted by molar-refractivity contribution is -0.128. The first kappa shape index (κ1) is 21.2. The number of carbonyl (C=O) groups excluding carboxylic acids is 1. The number of carbonyl (C=O) groups is 1. The minimum atomic E-state index is -0.0108. The Hall–Kier alpha value is -2.88. The molecule has 0 spiro atoms. The van der Waals surface area contributed by atoms with Crippen LogP contribution in [0.1, 0.15) is 30.5 Å². The van der Waals surface area contributed by atoms with Crippen LogP contribution in [0.15, 0.2) is 59.4 Å². The number of rotatable bonds is 6. The summed E-state index contributed by atoms with van der Waals surface area (Å²) in [5.41, 5.74) is 5.03. The molecule has 1 aromatic heterocycles. The van der Waals surface area contributed by atoms with Crippen LogP contribution in [0.25, 0.3) is 10.9 Å². The van der Waals surface area contributed by atoms with Gasteiger partial charge in [0.25, 0.3) is 12.0 Å². The molecule has 0 saturated carbocycles. The van der Waals surface area contributed by atoms with E-state index in [0.717, 1.165) is 27.6 Å². The lowest BCUT2D eigenvalue weighted by atomic mass is 9.97. The lowest BCUT2D eigenvalue weighted by Gasteiger charge is -2.10. The van der Waals surface area contributed by atoms with Crippen LogP contribution in [-0.2, 0) is 16.0 Å². The summed E-state index contributed by atoms with van der Waals surface area (Å²) in [7, 11) is 0. The second-order valence-electron chi connectivity index (χ2n) is 5.81. The van der Waals surface area contributed by atoms with Crippen LogP contribution < -0.4 is 5.56 Å². The summed E-state index contributed by atoms with van der Waals surface area (Å²) in [6.45, 7) is 12.5. The number of hydrogen-bond acceptors (Lipinski definition) is 3. The highest BCUT2D eigenvalue weighted by molar-refractivity contribution is 5.83. The molecule has 0 aliphatic rings. The summed E-state index contributed by atoms with van der Waals surface area (Å²) in [6.07, 6.45) is 8.30. The molecule has 0 aliphatic carbocycles. The van der Waals surface area contributed by atoms with Gasteiger partial charge >= 0.3 is 0 Å². The summed E-state index contributed by atoms with van der Waals surface area (Å²) in [4.78, 5) is 24.5. The normalized spacial score (nSPS) is 11.2. The fraction of sp³-hybridized carbons (Fsp3) is 0.273. The maximum atomic E-state index is 12.4. The van der Waals surface area contributed by atoms with E-state index in [-0.39, 0.29) is 5.56 Å². The van der Waals surface area contributed by atoms with E-state index < -0.39 is 0 Å². The Kier molecular flexibility index (Phi) is 8.85. The molecule has 2 aromatic rings. The van der Waals surface area contributed by atoms with Crippen molar-refractivity contribution in [2.75, 3.05) is 6.61 Å². The van der Waals surface area contributed by atoms with Crippen LogP contribution in [0.5, 0.6) is 0 Å². The zero-order valence-electron chi connectivity index (χ0n) is 16.0. The van der Waals surface area contributed by atoms with Crippen LogP contribution in [0, 0.1) is 13.8 Å². The standard InChI is InChI=1S/C19H21NO.C3H6O2/c1-5-7-15(8-6-2)12-17-14(4)16-11-13(3)9-10-18(16)20-19(17)21;1-2-5-3-4/h5-11H,1,12H2,2-4H3,(H,20,21);3H,2H2,1H3/b8-6-,15-7+;. The Morgan fingerprint density at radius 3 is 2.58 bits per heavy atom. The largest absolute Gasteiger partial charge is 0.468 e. The van der Waals surface area contributed by atoms with Crippen molar-refractivity contribution in [2.45, 2.75) is 34.1 Å². The highest BCUT2D eigenvalue weighted by Crippen LogP contribution is 2.21. The van der Waals surface area contributed by atoms with E-state index in [4.69, 9.17) is 0 Å². The topological polar surface area (TPSA) is 59.2 Å². The minimum Gasteiger partial charge on any atom is -0.468 e. The number of aromatic nitrogens is 1. The maximum Gasteiger partial charge on any atom is 0.293 e. The third-order valence-electron chi connectivity index (χ3n) is 3.88.